The molecule has 0 aliphatic rings. The quantitative estimate of drug-likeness (QED) is 0.364. The van der Waals surface area contributed by atoms with Gasteiger partial charge in [0.1, 0.15) is 5.01 Å². The molecule has 0 spiro atoms. The number of rotatable bonds is 7. The summed E-state index contributed by atoms with van der Waals surface area (Å²) in [7, 11) is 1.61. The van der Waals surface area contributed by atoms with Gasteiger partial charge >= 0.3 is 0 Å². The van der Waals surface area contributed by atoms with Crippen LogP contribution in [0.25, 0.3) is 0 Å². The second-order valence-electron chi connectivity index (χ2n) is 5.58. The third kappa shape index (κ3) is 7.15. The molecule has 25 heavy (non-hydrogen) atoms. The highest BCUT2D eigenvalue weighted by atomic mass is 127. The Labute approximate surface area is 170 Å². The molecule has 0 aliphatic heterocycles. The molecule has 2 N–H and O–H groups in total. The molecule has 0 atom stereocenters. The van der Waals surface area contributed by atoms with Crippen molar-refractivity contribution in [2.75, 3.05) is 13.7 Å². The van der Waals surface area contributed by atoms with Crippen LogP contribution in [-0.2, 0) is 13.1 Å². The van der Waals surface area contributed by atoms with E-state index in [0.29, 0.717) is 24.9 Å². The van der Waals surface area contributed by atoms with E-state index in [1.54, 1.807) is 24.6 Å². The van der Waals surface area contributed by atoms with Gasteiger partial charge < -0.3 is 15.4 Å². The Morgan fingerprint density at radius 3 is 2.80 bits per heavy atom. The molecule has 138 valence electrons. The van der Waals surface area contributed by atoms with Gasteiger partial charge in [-0.3, -0.25) is 0 Å². The molecule has 0 saturated heterocycles. The van der Waals surface area contributed by atoms with Gasteiger partial charge in [0.15, 0.2) is 5.96 Å². The van der Waals surface area contributed by atoms with E-state index in [0.717, 1.165) is 28.8 Å². The summed E-state index contributed by atoms with van der Waals surface area (Å²) in [6.07, 6.45) is 1.73. The molecule has 0 aliphatic carbocycles. The van der Waals surface area contributed by atoms with Crippen molar-refractivity contribution in [2.45, 2.75) is 39.8 Å². The minimum atomic E-state index is 0. The number of hydrogen-bond donors (Lipinski definition) is 2. The number of guanidine groups is 1. The van der Waals surface area contributed by atoms with Gasteiger partial charge in [-0.05, 0) is 24.5 Å². The highest BCUT2D eigenvalue weighted by Gasteiger charge is 2.06. The maximum Gasteiger partial charge on any atom is 0.213 e. The van der Waals surface area contributed by atoms with Gasteiger partial charge in [0.05, 0.1) is 25.9 Å². The van der Waals surface area contributed by atoms with Gasteiger partial charge in [-0.25, -0.2) is 15.0 Å². The predicted octanol–water partition coefficient (Wildman–Crippen LogP) is 3.54. The van der Waals surface area contributed by atoms with Gasteiger partial charge in [-0.1, -0.05) is 13.8 Å². The number of thiazole rings is 1. The lowest BCUT2D eigenvalue weighted by molar-refractivity contribution is 0.397. The van der Waals surface area contributed by atoms with Crippen LogP contribution in [0.4, 0.5) is 0 Å². The molecule has 6 nitrogen and oxygen atoms in total. The molecule has 2 heterocycles. The lowest BCUT2D eigenvalue weighted by Crippen LogP contribution is -2.36. The number of hydrogen-bond acceptors (Lipinski definition) is 5. The van der Waals surface area contributed by atoms with Crippen molar-refractivity contribution >= 4 is 41.3 Å². The lowest BCUT2D eigenvalue weighted by atomic mass is 10.2. The molecular formula is C17H26IN5OS. The second kappa shape index (κ2) is 11.2. The highest BCUT2D eigenvalue weighted by Crippen LogP contribution is 2.17. The third-order valence-corrected chi connectivity index (χ3v) is 4.21. The van der Waals surface area contributed by atoms with Crippen LogP contribution in [0.2, 0.25) is 0 Å². The number of aromatic nitrogens is 2. The van der Waals surface area contributed by atoms with Crippen molar-refractivity contribution in [3.63, 3.8) is 0 Å². The van der Waals surface area contributed by atoms with Crippen molar-refractivity contribution in [2.24, 2.45) is 4.99 Å². The number of pyridine rings is 1. The second-order valence-corrected chi connectivity index (χ2v) is 6.52. The lowest BCUT2D eigenvalue weighted by Gasteiger charge is -2.10. The Bertz CT molecular complexity index is 675. The summed E-state index contributed by atoms with van der Waals surface area (Å²) in [6, 6.07) is 3.83. The molecule has 2 aromatic rings. The van der Waals surface area contributed by atoms with Crippen molar-refractivity contribution in [1.82, 2.24) is 20.6 Å². The average molecular weight is 475 g/mol. The molecule has 0 bridgehead atoms. The highest BCUT2D eigenvalue weighted by molar-refractivity contribution is 14.0. The van der Waals surface area contributed by atoms with E-state index in [4.69, 9.17) is 4.74 Å². The first-order valence-electron chi connectivity index (χ1n) is 8.07. The first kappa shape index (κ1) is 21.6. The van der Waals surface area contributed by atoms with Gasteiger partial charge in [-0.2, -0.15) is 0 Å². The third-order valence-electron chi connectivity index (χ3n) is 3.34. The fourth-order valence-electron chi connectivity index (χ4n) is 2.00. The van der Waals surface area contributed by atoms with E-state index >= 15 is 0 Å². The summed E-state index contributed by atoms with van der Waals surface area (Å²) in [5, 5.41) is 9.76. The van der Waals surface area contributed by atoms with Crippen molar-refractivity contribution in [3.8, 4) is 5.88 Å². The monoisotopic (exact) mass is 475 g/mol. The van der Waals surface area contributed by atoms with Gasteiger partial charge in [0, 0.05) is 24.2 Å². The summed E-state index contributed by atoms with van der Waals surface area (Å²) in [4.78, 5) is 13.3. The van der Waals surface area contributed by atoms with Crippen LogP contribution in [0.15, 0.2) is 28.7 Å². The Kier molecular flexibility index (Phi) is 9.73. The number of methoxy groups -OCH3 is 1. The summed E-state index contributed by atoms with van der Waals surface area (Å²) in [6.45, 7) is 8.39. The summed E-state index contributed by atoms with van der Waals surface area (Å²) in [5.74, 6) is 1.83. The topological polar surface area (TPSA) is 71.4 Å². The summed E-state index contributed by atoms with van der Waals surface area (Å²) >= 11 is 1.68. The van der Waals surface area contributed by atoms with Crippen LogP contribution in [0.1, 0.15) is 43.0 Å². The Balaban J connectivity index is 0.00000312. The molecular weight excluding hydrogens is 449 g/mol. The number of nitrogens with zero attached hydrogens (tertiary/aromatic N) is 3. The molecule has 8 heteroatoms. The molecule has 0 unspecified atom stereocenters. The number of halogens is 1. The number of ether oxygens (including phenoxy) is 1. The average Bonchev–Trinajstić information content (AvgIpc) is 3.07. The van der Waals surface area contributed by atoms with Gasteiger partial charge in [0.2, 0.25) is 5.88 Å². The number of aliphatic imine (C=N–C) groups is 1. The van der Waals surface area contributed by atoms with Crippen LogP contribution >= 0.6 is 35.3 Å². The molecule has 2 aromatic heterocycles. The smallest absolute Gasteiger partial charge is 0.213 e. The van der Waals surface area contributed by atoms with E-state index in [1.165, 1.54) is 0 Å². The molecule has 0 saturated carbocycles. The standard InChI is InChI=1S/C17H25N5OS.HI/c1-5-18-17(20-9-13-6-7-19-15(8-13)23-4)21-10-16-22-14(11-24-16)12(2)3;/h6-8,11-12H,5,9-10H2,1-4H3,(H2,18,20,21);1H. The first-order chi connectivity index (χ1) is 11.6. The molecule has 2 rings (SSSR count). The molecule has 0 amide bonds. The first-order valence-corrected chi connectivity index (χ1v) is 8.95. The molecule has 0 fully saturated rings. The normalized spacial score (nSPS) is 11.2. The van der Waals surface area contributed by atoms with Crippen molar-refractivity contribution in [3.05, 3.63) is 40.0 Å². The molecule has 0 aromatic carbocycles. The fraction of sp³-hybridized carbons (Fsp3) is 0.471. The van der Waals surface area contributed by atoms with E-state index in [2.05, 4.69) is 44.8 Å². The Morgan fingerprint density at radius 2 is 2.16 bits per heavy atom. The Hall–Kier alpha value is -1.42. The van der Waals surface area contributed by atoms with E-state index in [-0.39, 0.29) is 24.0 Å². The van der Waals surface area contributed by atoms with E-state index in [9.17, 15) is 0 Å². The zero-order valence-corrected chi connectivity index (χ0v) is 18.2. The van der Waals surface area contributed by atoms with Crippen molar-refractivity contribution < 1.29 is 4.74 Å². The fourth-order valence-corrected chi connectivity index (χ4v) is 2.90. The van der Waals surface area contributed by atoms with Crippen LogP contribution in [0, 0.1) is 0 Å². The zero-order valence-electron chi connectivity index (χ0n) is 15.1. The number of nitrogens with one attached hydrogen (secondary N) is 2. The molecule has 0 radical (unpaired) electrons. The summed E-state index contributed by atoms with van der Waals surface area (Å²) < 4.78 is 5.14. The van der Waals surface area contributed by atoms with Gasteiger partial charge in [0.25, 0.3) is 0 Å². The Morgan fingerprint density at radius 1 is 1.36 bits per heavy atom. The maximum absolute atomic E-state index is 5.14. The van der Waals surface area contributed by atoms with Crippen LogP contribution < -0.4 is 15.4 Å². The zero-order chi connectivity index (χ0) is 17.4. The van der Waals surface area contributed by atoms with Crippen LogP contribution in [-0.4, -0.2) is 29.6 Å². The maximum atomic E-state index is 5.14. The largest absolute Gasteiger partial charge is 0.481 e. The predicted molar refractivity (Wildman–Crippen MR) is 114 cm³/mol. The minimum absolute atomic E-state index is 0. The SMILES string of the molecule is CCNC(=NCc1ccnc(OC)c1)NCc1nc(C(C)C)cs1.I. The van der Waals surface area contributed by atoms with Gasteiger partial charge in [-0.15, -0.1) is 35.3 Å². The van der Waals surface area contributed by atoms with Crippen LogP contribution in [0.5, 0.6) is 5.88 Å². The minimum Gasteiger partial charge on any atom is -0.481 e. The van der Waals surface area contributed by atoms with Crippen molar-refractivity contribution in [1.29, 1.82) is 0 Å². The summed E-state index contributed by atoms with van der Waals surface area (Å²) in [5.41, 5.74) is 2.19. The van der Waals surface area contributed by atoms with Crippen LogP contribution in [0.3, 0.4) is 0 Å². The van der Waals surface area contributed by atoms with E-state index in [1.807, 2.05) is 19.1 Å². The van der Waals surface area contributed by atoms with E-state index < -0.39 is 0 Å².